The van der Waals surface area contributed by atoms with E-state index in [0.717, 1.165) is 18.9 Å². The monoisotopic (exact) mass is 483 g/mol. The van der Waals surface area contributed by atoms with Gasteiger partial charge in [-0.2, -0.15) is 13.2 Å². The molecule has 0 aromatic heterocycles. The molecule has 34 heavy (non-hydrogen) atoms. The number of hydrogen-bond acceptors (Lipinski definition) is 5. The molecular weight excluding hydrogens is 451 g/mol. The topological polar surface area (TPSA) is 82.1 Å². The van der Waals surface area contributed by atoms with E-state index in [1.165, 1.54) is 12.1 Å². The minimum absolute atomic E-state index is 0.00357. The van der Waals surface area contributed by atoms with E-state index in [-0.39, 0.29) is 42.6 Å². The molecule has 188 valence electrons. The predicted molar refractivity (Wildman–Crippen MR) is 121 cm³/mol. The number of ether oxygens (including phenoxy) is 1. The summed E-state index contributed by atoms with van der Waals surface area (Å²) >= 11 is 0. The van der Waals surface area contributed by atoms with E-state index in [9.17, 15) is 27.9 Å². The van der Waals surface area contributed by atoms with Gasteiger partial charge in [0.25, 0.3) is 0 Å². The lowest BCUT2D eigenvalue weighted by Crippen LogP contribution is -2.50. The number of rotatable bonds is 4. The number of anilines is 2. The van der Waals surface area contributed by atoms with Crippen LogP contribution in [0.3, 0.4) is 0 Å². The maximum Gasteiger partial charge on any atom is 0.418 e. The van der Waals surface area contributed by atoms with Gasteiger partial charge in [-0.1, -0.05) is 0 Å². The molecule has 10 heteroatoms. The standard InChI is InChI=1S/C24H32F3N3O4/c1-2-34-22(33)28-16-4-9-20(19(14-16)24(25,26)27)29-12-3-10-23(15-29)11-13-30(21(23)32)17-5-7-18(31)8-6-17/h4,9,14,17-18,31H,2-3,5-8,10-13,15H2,1H3,(H,28,33)/t17?,18?,23-/m1/s1. The normalized spacial score (nSPS) is 27.9. The van der Waals surface area contributed by atoms with E-state index >= 15 is 0 Å². The van der Waals surface area contributed by atoms with E-state index in [2.05, 4.69) is 5.32 Å². The lowest BCUT2D eigenvalue weighted by Gasteiger charge is -2.42. The average Bonchev–Trinajstić information content (AvgIpc) is 3.09. The molecule has 2 saturated heterocycles. The van der Waals surface area contributed by atoms with Crippen molar-refractivity contribution < 1.29 is 32.6 Å². The lowest BCUT2D eigenvalue weighted by molar-refractivity contribution is -0.139. The summed E-state index contributed by atoms with van der Waals surface area (Å²) in [5.74, 6) is 0.0350. The number of halogens is 3. The first-order chi connectivity index (χ1) is 16.1. The number of carbonyl (C=O) groups excluding carboxylic acids is 2. The van der Waals surface area contributed by atoms with Gasteiger partial charge >= 0.3 is 12.3 Å². The van der Waals surface area contributed by atoms with Crippen molar-refractivity contribution in [1.82, 2.24) is 4.90 Å². The van der Waals surface area contributed by atoms with Crippen LogP contribution in [0.4, 0.5) is 29.3 Å². The predicted octanol–water partition coefficient (Wildman–Crippen LogP) is 4.40. The van der Waals surface area contributed by atoms with Gasteiger partial charge in [0, 0.05) is 37.1 Å². The molecule has 2 N–H and O–H groups in total. The highest BCUT2D eigenvalue weighted by Crippen LogP contribution is 2.46. The third-order valence-electron chi connectivity index (χ3n) is 7.39. The smallest absolute Gasteiger partial charge is 0.418 e. The van der Waals surface area contributed by atoms with Crippen molar-refractivity contribution in [3.63, 3.8) is 0 Å². The van der Waals surface area contributed by atoms with E-state index in [4.69, 9.17) is 4.74 Å². The number of likely N-dealkylation sites (tertiary alicyclic amines) is 1. The molecule has 1 aromatic rings. The molecule has 4 rings (SSSR count). The van der Waals surface area contributed by atoms with Crippen LogP contribution in [0.25, 0.3) is 0 Å². The molecule has 1 aliphatic carbocycles. The number of alkyl halides is 3. The number of nitrogens with one attached hydrogen (secondary N) is 1. The summed E-state index contributed by atoms with van der Waals surface area (Å²) in [6.45, 7) is 3.00. The number of nitrogens with zero attached hydrogens (tertiary/aromatic N) is 2. The van der Waals surface area contributed by atoms with Crippen molar-refractivity contribution in [2.75, 3.05) is 36.5 Å². The fraction of sp³-hybridized carbons (Fsp3) is 0.667. The zero-order valence-electron chi connectivity index (χ0n) is 19.4. The Kier molecular flexibility index (Phi) is 6.98. The summed E-state index contributed by atoms with van der Waals surface area (Å²) in [6.07, 6.45) is -0.946. The molecule has 2 amide bonds. The Labute approximate surface area is 197 Å². The highest BCUT2D eigenvalue weighted by atomic mass is 19.4. The van der Waals surface area contributed by atoms with Crippen molar-refractivity contribution in [1.29, 1.82) is 0 Å². The Morgan fingerprint density at radius 2 is 1.94 bits per heavy atom. The third-order valence-corrected chi connectivity index (χ3v) is 7.39. The van der Waals surface area contributed by atoms with Crippen LogP contribution >= 0.6 is 0 Å². The van der Waals surface area contributed by atoms with Gasteiger partial charge in [-0.3, -0.25) is 10.1 Å². The quantitative estimate of drug-likeness (QED) is 0.664. The second kappa shape index (κ2) is 9.64. The van der Waals surface area contributed by atoms with Crippen LogP contribution in [0.1, 0.15) is 57.4 Å². The average molecular weight is 484 g/mol. The largest absolute Gasteiger partial charge is 0.450 e. The molecule has 0 unspecified atom stereocenters. The molecule has 0 bridgehead atoms. The Hall–Kier alpha value is -2.49. The number of piperidine rings is 1. The molecule has 1 aromatic carbocycles. The van der Waals surface area contributed by atoms with Crippen LogP contribution in [-0.2, 0) is 15.7 Å². The van der Waals surface area contributed by atoms with Gasteiger partial charge in [0.1, 0.15) is 0 Å². The molecule has 2 aliphatic heterocycles. The Morgan fingerprint density at radius 3 is 2.62 bits per heavy atom. The van der Waals surface area contributed by atoms with Crippen molar-refractivity contribution in [2.45, 2.75) is 70.2 Å². The molecular formula is C24H32F3N3O4. The van der Waals surface area contributed by atoms with Crippen LogP contribution in [0.5, 0.6) is 0 Å². The maximum absolute atomic E-state index is 14.0. The van der Waals surface area contributed by atoms with Gasteiger partial charge in [-0.05, 0) is 70.1 Å². The molecule has 3 fully saturated rings. The van der Waals surface area contributed by atoms with Crippen molar-refractivity contribution in [3.8, 4) is 0 Å². The summed E-state index contributed by atoms with van der Waals surface area (Å²) in [5.41, 5.74) is -1.50. The summed E-state index contributed by atoms with van der Waals surface area (Å²) in [5, 5.41) is 12.1. The van der Waals surface area contributed by atoms with Crippen LogP contribution in [-0.4, -0.2) is 60.4 Å². The molecule has 3 aliphatic rings. The molecule has 1 saturated carbocycles. The molecule has 1 atom stereocenters. The molecule has 1 spiro atoms. The zero-order chi connectivity index (χ0) is 24.5. The zero-order valence-corrected chi connectivity index (χ0v) is 19.4. The SMILES string of the molecule is CCOC(=O)Nc1ccc(N2CCC[C@@]3(CCN(C4CCC(O)CC4)C3=O)C2)c(C(F)(F)F)c1. The summed E-state index contributed by atoms with van der Waals surface area (Å²) in [4.78, 5) is 28.8. The van der Waals surface area contributed by atoms with Gasteiger partial charge in [0.2, 0.25) is 5.91 Å². The fourth-order valence-electron chi connectivity index (χ4n) is 5.68. The third kappa shape index (κ3) is 4.96. The molecule has 2 heterocycles. The molecule has 7 nitrogen and oxygen atoms in total. The Bertz CT molecular complexity index is 917. The van der Waals surface area contributed by atoms with Crippen molar-refractivity contribution in [2.24, 2.45) is 5.41 Å². The van der Waals surface area contributed by atoms with E-state index in [1.807, 2.05) is 4.90 Å². The van der Waals surface area contributed by atoms with Gasteiger partial charge in [-0.25, -0.2) is 4.79 Å². The summed E-state index contributed by atoms with van der Waals surface area (Å²) < 4.78 is 46.7. The number of hydrogen-bond donors (Lipinski definition) is 2. The van der Waals surface area contributed by atoms with Gasteiger partial charge in [0.05, 0.1) is 23.7 Å². The van der Waals surface area contributed by atoms with Crippen LogP contribution in [0.15, 0.2) is 18.2 Å². The Morgan fingerprint density at radius 1 is 1.21 bits per heavy atom. The Balaban J connectivity index is 1.54. The first kappa shape index (κ1) is 24.6. The molecule has 0 radical (unpaired) electrons. The van der Waals surface area contributed by atoms with E-state index in [0.29, 0.717) is 45.2 Å². The number of benzene rings is 1. The number of aliphatic hydroxyl groups is 1. The first-order valence-corrected chi connectivity index (χ1v) is 12.0. The lowest BCUT2D eigenvalue weighted by atomic mass is 9.78. The number of aliphatic hydroxyl groups excluding tert-OH is 1. The van der Waals surface area contributed by atoms with Gasteiger partial charge in [0.15, 0.2) is 0 Å². The second-order valence-corrected chi connectivity index (χ2v) is 9.59. The highest BCUT2D eigenvalue weighted by Gasteiger charge is 2.51. The van der Waals surface area contributed by atoms with Crippen LogP contribution < -0.4 is 10.2 Å². The van der Waals surface area contributed by atoms with Crippen molar-refractivity contribution >= 4 is 23.4 Å². The maximum atomic E-state index is 14.0. The van der Waals surface area contributed by atoms with E-state index < -0.39 is 23.2 Å². The van der Waals surface area contributed by atoms with Gasteiger partial charge < -0.3 is 19.6 Å². The number of amides is 2. The summed E-state index contributed by atoms with van der Waals surface area (Å²) in [6, 6.07) is 3.82. The minimum Gasteiger partial charge on any atom is -0.450 e. The summed E-state index contributed by atoms with van der Waals surface area (Å²) in [7, 11) is 0. The van der Waals surface area contributed by atoms with Crippen molar-refractivity contribution in [3.05, 3.63) is 23.8 Å². The minimum atomic E-state index is -4.62. The number of carbonyl (C=O) groups is 2. The van der Waals surface area contributed by atoms with Crippen LogP contribution in [0, 0.1) is 5.41 Å². The van der Waals surface area contributed by atoms with Gasteiger partial charge in [-0.15, -0.1) is 0 Å². The van der Waals surface area contributed by atoms with E-state index in [1.54, 1.807) is 11.8 Å². The second-order valence-electron chi connectivity index (χ2n) is 9.59. The fourth-order valence-corrected chi connectivity index (χ4v) is 5.68. The highest BCUT2D eigenvalue weighted by molar-refractivity contribution is 5.87. The first-order valence-electron chi connectivity index (χ1n) is 12.0. The van der Waals surface area contributed by atoms with Crippen LogP contribution in [0.2, 0.25) is 0 Å².